The maximum atomic E-state index is 11.2. The molecule has 0 heterocycles. The Bertz CT molecular complexity index is 195. The molecular formula is C11H20O4. The van der Waals surface area contributed by atoms with Crippen LogP contribution in [0.4, 0.5) is 0 Å². The van der Waals surface area contributed by atoms with Gasteiger partial charge in [-0.05, 0) is 32.6 Å². The number of carbonyl (C=O) groups excluding carboxylic acids is 1. The standard InChI is InChI=1S/C11H20O4/c1-8(12)7-15-10-5-3-9(4-6-10)11(13)14-2/h8-10,12H,3-7H2,1-2H3. The topological polar surface area (TPSA) is 55.8 Å². The lowest BCUT2D eigenvalue weighted by atomic mass is 9.87. The van der Waals surface area contributed by atoms with Crippen molar-refractivity contribution in [3.05, 3.63) is 0 Å². The highest BCUT2D eigenvalue weighted by Crippen LogP contribution is 2.27. The molecule has 0 spiro atoms. The van der Waals surface area contributed by atoms with Gasteiger partial charge >= 0.3 is 5.97 Å². The summed E-state index contributed by atoms with van der Waals surface area (Å²) in [5, 5.41) is 9.06. The van der Waals surface area contributed by atoms with Crippen LogP contribution in [0.2, 0.25) is 0 Å². The van der Waals surface area contributed by atoms with E-state index in [9.17, 15) is 4.79 Å². The molecule has 0 aromatic rings. The summed E-state index contributed by atoms with van der Waals surface area (Å²) in [5.74, 6) is -0.0645. The lowest BCUT2D eigenvalue weighted by molar-refractivity contribution is -0.147. The summed E-state index contributed by atoms with van der Waals surface area (Å²) in [6.07, 6.45) is 3.21. The minimum absolute atomic E-state index is 0.0430. The fourth-order valence-electron chi connectivity index (χ4n) is 1.91. The van der Waals surface area contributed by atoms with E-state index in [0.717, 1.165) is 25.7 Å². The Labute approximate surface area is 90.6 Å². The van der Waals surface area contributed by atoms with Gasteiger partial charge in [0.2, 0.25) is 0 Å². The SMILES string of the molecule is COC(=O)C1CCC(OCC(C)O)CC1. The zero-order valence-electron chi connectivity index (χ0n) is 9.44. The Morgan fingerprint density at radius 3 is 2.47 bits per heavy atom. The molecule has 1 rings (SSSR count). The van der Waals surface area contributed by atoms with Gasteiger partial charge in [-0.1, -0.05) is 0 Å². The first-order valence-corrected chi connectivity index (χ1v) is 5.51. The van der Waals surface area contributed by atoms with E-state index in [1.54, 1.807) is 6.92 Å². The predicted octanol–water partition coefficient (Wildman–Crippen LogP) is 1.12. The average molecular weight is 216 g/mol. The van der Waals surface area contributed by atoms with Crippen molar-refractivity contribution in [2.75, 3.05) is 13.7 Å². The van der Waals surface area contributed by atoms with Crippen molar-refractivity contribution < 1.29 is 19.4 Å². The van der Waals surface area contributed by atoms with E-state index in [1.807, 2.05) is 0 Å². The van der Waals surface area contributed by atoms with Crippen molar-refractivity contribution in [2.24, 2.45) is 5.92 Å². The van der Waals surface area contributed by atoms with E-state index in [2.05, 4.69) is 0 Å². The van der Waals surface area contributed by atoms with Crippen LogP contribution in [0, 0.1) is 5.92 Å². The second-order valence-electron chi connectivity index (χ2n) is 4.18. The maximum absolute atomic E-state index is 11.2. The Morgan fingerprint density at radius 1 is 1.40 bits per heavy atom. The molecule has 15 heavy (non-hydrogen) atoms. The molecule has 1 saturated carbocycles. The minimum atomic E-state index is -0.414. The summed E-state index contributed by atoms with van der Waals surface area (Å²) < 4.78 is 10.2. The first-order valence-electron chi connectivity index (χ1n) is 5.51. The molecule has 4 nitrogen and oxygen atoms in total. The van der Waals surface area contributed by atoms with Crippen molar-refractivity contribution in [3.8, 4) is 0 Å². The fourth-order valence-corrected chi connectivity index (χ4v) is 1.91. The average Bonchev–Trinajstić information content (AvgIpc) is 2.26. The molecule has 1 unspecified atom stereocenters. The first-order chi connectivity index (χ1) is 7.13. The van der Waals surface area contributed by atoms with Crippen LogP contribution < -0.4 is 0 Å². The molecule has 0 aliphatic heterocycles. The smallest absolute Gasteiger partial charge is 0.308 e. The molecule has 4 heteroatoms. The highest BCUT2D eigenvalue weighted by Gasteiger charge is 2.27. The largest absolute Gasteiger partial charge is 0.469 e. The van der Waals surface area contributed by atoms with Crippen molar-refractivity contribution in [1.82, 2.24) is 0 Å². The second-order valence-corrected chi connectivity index (χ2v) is 4.18. The van der Waals surface area contributed by atoms with E-state index in [0.29, 0.717) is 6.61 Å². The minimum Gasteiger partial charge on any atom is -0.469 e. The normalized spacial score (nSPS) is 28.5. The second kappa shape index (κ2) is 6.08. The zero-order chi connectivity index (χ0) is 11.3. The summed E-state index contributed by atoms with van der Waals surface area (Å²) >= 11 is 0. The van der Waals surface area contributed by atoms with Gasteiger partial charge in [0.05, 0.1) is 31.8 Å². The fraction of sp³-hybridized carbons (Fsp3) is 0.909. The predicted molar refractivity (Wildman–Crippen MR) is 55.4 cm³/mol. The molecule has 1 atom stereocenters. The molecule has 0 aromatic heterocycles. The van der Waals surface area contributed by atoms with Crippen LogP contribution in [0.25, 0.3) is 0 Å². The van der Waals surface area contributed by atoms with Gasteiger partial charge in [-0.25, -0.2) is 0 Å². The van der Waals surface area contributed by atoms with Gasteiger partial charge in [0.1, 0.15) is 0 Å². The van der Waals surface area contributed by atoms with Crippen LogP contribution in [0.1, 0.15) is 32.6 Å². The summed E-state index contributed by atoms with van der Waals surface area (Å²) in [6.45, 7) is 2.09. The number of aliphatic hydroxyl groups excluding tert-OH is 1. The van der Waals surface area contributed by atoms with Crippen molar-refractivity contribution in [2.45, 2.75) is 44.8 Å². The first kappa shape index (κ1) is 12.5. The van der Waals surface area contributed by atoms with Gasteiger partial charge in [-0.2, -0.15) is 0 Å². The number of esters is 1. The molecule has 1 N–H and O–H groups in total. The molecule has 1 aliphatic rings. The van der Waals surface area contributed by atoms with Gasteiger partial charge in [-0.3, -0.25) is 4.79 Å². The van der Waals surface area contributed by atoms with Crippen molar-refractivity contribution >= 4 is 5.97 Å². The van der Waals surface area contributed by atoms with Gasteiger partial charge in [-0.15, -0.1) is 0 Å². The van der Waals surface area contributed by atoms with Crippen molar-refractivity contribution in [3.63, 3.8) is 0 Å². The molecule has 0 amide bonds. The van der Waals surface area contributed by atoms with Gasteiger partial charge < -0.3 is 14.6 Å². The van der Waals surface area contributed by atoms with Crippen molar-refractivity contribution in [1.29, 1.82) is 0 Å². The van der Waals surface area contributed by atoms with E-state index in [-0.39, 0.29) is 18.0 Å². The third-order valence-electron chi connectivity index (χ3n) is 2.78. The number of ether oxygens (including phenoxy) is 2. The summed E-state index contributed by atoms with van der Waals surface area (Å²) in [6, 6.07) is 0. The van der Waals surface area contributed by atoms with Crippen LogP contribution >= 0.6 is 0 Å². The van der Waals surface area contributed by atoms with E-state index in [1.165, 1.54) is 7.11 Å². The van der Waals surface area contributed by atoms with Gasteiger partial charge in [0.15, 0.2) is 0 Å². The third kappa shape index (κ3) is 4.18. The molecule has 0 saturated heterocycles. The molecule has 88 valence electrons. The molecule has 1 aliphatic carbocycles. The Kier molecular flexibility index (Phi) is 5.05. The Hall–Kier alpha value is -0.610. The van der Waals surface area contributed by atoms with E-state index in [4.69, 9.17) is 14.6 Å². The van der Waals surface area contributed by atoms with Crippen LogP contribution in [-0.2, 0) is 14.3 Å². The quantitative estimate of drug-likeness (QED) is 0.715. The molecule has 0 bridgehead atoms. The van der Waals surface area contributed by atoms with E-state index >= 15 is 0 Å². The molecule has 1 fully saturated rings. The Morgan fingerprint density at radius 2 is 2.00 bits per heavy atom. The van der Waals surface area contributed by atoms with Gasteiger partial charge in [0, 0.05) is 0 Å². The highest BCUT2D eigenvalue weighted by molar-refractivity contribution is 5.72. The Balaban J connectivity index is 2.21. The molecule has 0 radical (unpaired) electrons. The summed E-state index contributed by atoms with van der Waals surface area (Å²) in [7, 11) is 1.43. The molecule has 0 aromatic carbocycles. The van der Waals surface area contributed by atoms with Crippen LogP contribution in [-0.4, -0.2) is 37.0 Å². The van der Waals surface area contributed by atoms with Crippen LogP contribution in [0.3, 0.4) is 0 Å². The third-order valence-corrected chi connectivity index (χ3v) is 2.78. The molecular weight excluding hydrogens is 196 g/mol. The number of hydrogen-bond acceptors (Lipinski definition) is 4. The van der Waals surface area contributed by atoms with Crippen LogP contribution in [0.5, 0.6) is 0 Å². The van der Waals surface area contributed by atoms with Crippen LogP contribution in [0.15, 0.2) is 0 Å². The lowest BCUT2D eigenvalue weighted by Gasteiger charge is -2.27. The monoisotopic (exact) mass is 216 g/mol. The number of carbonyl (C=O) groups is 1. The number of aliphatic hydroxyl groups is 1. The lowest BCUT2D eigenvalue weighted by Crippen LogP contribution is -2.28. The number of methoxy groups -OCH3 is 1. The number of hydrogen-bond donors (Lipinski definition) is 1. The highest BCUT2D eigenvalue weighted by atomic mass is 16.5. The summed E-state index contributed by atoms with van der Waals surface area (Å²) in [5.41, 5.74) is 0. The maximum Gasteiger partial charge on any atom is 0.308 e. The number of rotatable bonds is 4. The zero-order valence-corrected chi connectivity index (χ0v) is 9.44. The van der Waals surface area contributed by atoms with E-state index < -0.39 is 6.10 Å². The summed E-state index contributed by atoms with van der Waals surface area (Å²) in [4.78, 5) is 11.2. The van der Waals surface area contributed by atoms with Gasteiger partial charge in [0.25, 0.3) is 0 Å².